The summed E-state index contributed by atoms with van der Waals surface area (Å²) in [6.07, 6.45) is 0. The van der Waals surface area contributed by atoms with Crippen LogP contribution < -0.4 is 5.32 Å². The second-order valence-electron chi connectivity index (χ2n) is 3.38. The van der Waals surface area contributed by atoms with Crippen molar-refractivity contribution < 1.29 is 14.3 Å². The number of halogens is 1. The molecule has 0 saturated heterocycles. The van der Waals surface area contributed by atoms with Crippen LogP contribution in [0.1, 0.15) is 6.92 Å². The molecule has 1 aliphatic heterocycles. The number of amides is 1. The Morgan fingerprint density at radius 3 is 3.06 bits per heavy atom. The van der Waals surface area contributed by atoms with Crippen LogP contribution in [0.15, 0.2) is 27.6 Å². The van der Waals surface area contributed by atoms with Crippen LogP contribution >= 0.6 is 27.7 Å². The Morgan fingerprint density at radius 1 is 1.59 bits per heavy atom. The molecule has 0 radical (unpaired) electrons. The van der Waals surface area contributed by atoms with Gasteiger partial charge in [-0.3, -0.25) is 9.59 Å². The highest BCUT2D eigenvalue weighted by molar-refractivity contribution is 9.10. The Labute approximate surface area is 111 Å². The third kappa shape index (κ3) is 2.63. The molecule has 1 N–H and O–H groups in total. The van der Waals surface area contributed by atoms with Crippen LogP contribution in [-0.4, -0.2) is 23.7 Å². The summed E-state index contributed by atoms with van der Waals surface area (Å²) in [4.78, 5) is 24.2. The molecule has 1 aromatic rings. The van der Waals surface area contributed by atoms with E-state index in [1.54, 1.807) is 6.92 Å². The monoisotopic (exact) mass is 315 g/mol. The summed E-state index contributed by atoms with van der Waals surface area (Å²) in [5.41, 5.74) is 0.718. The van der Waals surface area contributed by atoms with Crippen molar-refractivity contribution >= 4 is 45.3 Å². The summed E-state index contributed by atoms with van der Waals surface area (Å²) >= 11 is 4.54. The fourth-order valence-electron chi connectivity index (χ4n) is 1.45. The first kappa shape index (κ1) is 12.4. The van der Waals surface area contributed by atoms with E-state index in [0.717, 1.165) is 15.1 Å². The van der Waals surface area contributed by atoms with E-state index in [9.17, 15) is 9.59 Å². The maximum Gasteiger partial charge on any atom is 0.329 e. The van der Waals surface area contributed by atoms with Crippen LogP contribution in [0.5, 0.6) is 0 Å². The van der Waals surface area contributed by atoms with Gasteiger partial charge in [0, 0.05) is 9.37 Å². The number of rotatable bonds is 2. The van der Waals surface area contributed by atoms with Gasteiger partial charge in [0.1, 0.15) is 0 Å². The quantitative estimate of drug-likeness (QED) is 0.672. The zero-order valence-electron chi connectivity index (χ0n) is 9.03. The summed E-state index contributed by atoms with van der Waals surface area (Å²) in [5.74, 6) is -0.831. The lowest BCUT2D eigenvalue weighted by Gasteiger charge is -2.22. The summed E-state index contributed by atoms with van der Waals surface area (Å²) < 4.78 is 5.74. The van der Waals surface area contributed by atoms with Gasteiger partial charge in [-0.1, -0.05) is 27.7 Å². The number of hydrogen-bond donors (Lipinski definition) is 1. The zero-order valence-corrected chi connectivity index (χ0v) is 11.4. The van der Waals surface area contributed by atoms with Crippen LogP contribution in [-0.2, 0) is 14.3 Å². The van der Waals surface area contributed by atoms with Crippen molar-refractivity contribution in [1.82, 2.24) is 0 Å². The highest BCUT2D eigenvalue weighted by atomic mass is 79.9. The summed E-state index contributed by atoms with van der Waals surface area (Å²) in [5, 5.41) is 1.88. The highest BCUT2D eigenvalue weighted by Gasteiger charge is 2.34. The average molecular weight is 316 g/mol. The largest absolute Gasteiger partial charge is 0.465 e. The number of carbonyl (C=O) groups is 2. The lowest BCUT2D eigenvalue weighted by atomic mass is 10.3. The first-order valence-electron chi connectivity index (χ1n) is 5.05. The summed E-state index contributed by atoms with van der Waals surface area (Å²) in [6, 6.07) is 5.53. The van der Waals surface area contributed by atoms with Crippen LogP contribution in [0.3, 0.4) is 0 Å². The molecule has 6 heteroatoms. The molecule has 90 valence electrons. The van der Waals surface area contributed by atoms with E-state index in [-0.39, 0.29) is 12.5 Å². The number of nitrogens with one attached hydrogen (secondary N) is 1. The van der Waals surface area contributed by atoms with Crippen LogP contribution in [0.2, 0.25) is 0 Å². The topological polar surface area (TPSA) is 55.4 Å². The van der Waals surface area contributed by atoms with Crippen LogP contribution in [0.25, 0.3) is 0 Å². The van der Waals surface area contributed by atoms with Crippen molar-refractivity contribution in [3.8, 4) is 0 Å². The van der Waals surface area contributed by atoms with Gasteiger partial charge in [0.05, 0.1) is 12.3 Å². The van der Waals surface area contributed by atoms with Crippen LogP contribution in [0.4, 0.5) is 5.69 Å². The fourth-order valence-corrected chi connectivity index (χ4v) is 2.78. The predicted octanol–water partition coefficient (Wildman–Crippen LogP) is 2.42. The molecule has 0 saturated carbocycles. The van der Waals surface area contributed by atoms with E-state index in [4.69, 9.17) is 4.74 Å². The third-order valence-electron chi connectivity index (χ3n) is 2.18. The number of ether oxygens (including phenoxy) is 1. The molecule has 0 aromatic heterocycles. The van der Waals surface area contributed by atoms with E-state index < -0.39 is 11.2 Å². The van der Waals surface area contributed by atoms with Gasteiger partial charge in [0.25, 0.3) is 0 Å². The van der Waals surface area contributed by atoms with Gasteiger partial charge in [0.15, 0.2) is 5.25 Å². The van der Waals surface area contributed by atoms with E-state index in [0.29, 0.717) is 0 Å². The lowest BCUT2D eigenvalue weighted by molar-refractivity contribution is -0.144. The number of fused-ring (bicyclic) bond motifs is 1. The van der Waals surface area contributed by atoms with Crippen molar-refractivity contribution in [3.63, 3.8) is 0 Å². The number of thioether (sulfide) groups is 1. The van der Waals surface area contributed by atoms with Gasteiger partial charge >= 0.3 is 5.97 Å². The Kier molecular flexibility index (Phi) is 3.73. The molecule has 0 bridgehead atoms. The SMILES string of the molecule is CCOC(=O)C1Sc2ccc(Br)cc2NC1=O. The minimum absolute atomic E-state index is 0.274. The maximum absolute atomic E-state index is 11.7. The molecule has 0 fully saturated rings. The summed E-state index contributed by atoms with van der Waals surface area (Å²) in [7, 11) is 0. The van der Waals surface area contributed by atoms with Crippen molar-refractivity contribution in [2.24, 2.45) is 0 Å². The second kappa shape index (κ2) is 5.10. The zero-order chi connectivity index (χ0) is 12.4. The van der Waals surface area contributed by atoms with Crippen molar-refractivity contribution in [2.75, 3.05) is 11.9 Å². The van der Waals surface area contributed by atoms with Gasteiger partial charge in [-0.05, 0) is 25.1 Å². The Morgan fingerprint density at radius 2 is 2.35 bits per heavy atom. The first-order valence-corrected chi connectivity index (χ1v) is 6.72. The van der Waals surface area contributed by atoms with E-state index in [1.165, 1.54) is 11.8 Å². The second-order valence-corrected chi connectivity index (χ2v) is 5.44. The average Bonchev–Trinajstić information content (AvgIpc) is 2.28. The molecule has 1 unspecified atom stereocenters. The minimum Gasteiger partial charge on any atom is -0.465 e. The normalized spacial score (nSPS) is 18.2. The van der Waals surface area contributed by atoms with E-state index in [1.807, 2.05) is 18.2 Å². The number of carbonyl (C=O) groups excluding carboxylic acids is 2. The summed E-state index contributed by atoms with van der Waals surface area (Å²) in [6.45, 7) is 1.99. The number of benzene rings is 1. The Balaban J connectivity index is 2.24. The molecule has 1 amide bonds. The predicted molar refractivity (Wildman–Crippen MR) is 69.0 cm³/mol. The molecular formula is C11H10BrNO3S. The smallest absolute Gasteiger partial charge is 0.329 e. The molecule has 1 heterocycles. The minimum atomic E-state index is -0.816. The molecule has 0 aliphatic carbocycles. The van der Waals surface area contributed by atoms with Crippen LogP contribution in [0, 0.1) is 0 Å². The van der Waals surface area contributed by atoms with E-state index >= 15 is 0 Å². The van der Waals surface area contributed by atoms with E-state index in [2.05, 4.69) is 21.2 Å². The highest BCUT2D eigenvalue weighted by Crippen LogP contribution is 2.37. The number of anilines is 1. The molecular weight excluding hydrogens is 306 g/mol. The molecule has 17 heavy (non-hydrogen) atoms. The van der Waals surface area contributed by atoms with Gasteiger partial charge in [-0.2, -0.15) is 0 Å². The molecule has 1 aliphatic rings. The standard InChI is InChI=1S/C11H10BrNO3S/c1-2-16-11(15)9-10(14)13-7-5-6(12)3-4-8(7)17-9/h3-5,9H,2H2,1H3,(H,13,14). The fraction of sp³-hybridized carbons (Fsp3) is 0.273. The molecule has 2 rings (SSSR count). The molecule has 1 aromatic carbocycles. The van der Waals surface area contributed by atoms with Gasteiger partial charge in [-0.25, -0.2) is 0 Å². The van der Waals surface area contributed by atoms with Gasteiger partial charge < -0.3 is 10.1 Å². The van der Waals surface area contributed by atoms with Crippen molar-refractivity contribution in [2.45, 2.75) is 17.1 Å². The lowest BCUT2D eigenvalue weighted by Crippen LogP contribution is -2.36. The van der Waals surface area contributed by atoms with Crippen molar-refractivity contribution in [1.29, 1.82) is 0 Å². The maximum atomic E-state index is 11.7. The van der Waals surface area contributed by atoms with Gasteiger partial charge in [-0.15, -0.1) is 0 Å². The molecule has 1 atom stereocenters. The van der Waals surface area contributed by atoms with Crippen molar-refractivity contribution in [3.05, 3.63) is 22.7 Å². The molecule has 4 nitrogen and oxygen atoms in total. The first-order chi connectivity index (χ1) is 8.11. The Hall–Kier alpha value is -1.01. The number of hydrogen-bond acceptors (Lipinski definition) is 4. The third-order valence-corrected chi connectivity index (χ3v) is 3.93. The molecule has 0 spiro atoms. The van der Waals surface area contributed by atoms with Gasteiger partial charge in [0.2, 0.25) is 5.91 Å². The Bertz CT molecular complexity index is 478. The number of esters is 1.